The Balaban J connectivity index is 1.54. The van der Waals surface area contributed by atoms with Crippen molar-refractivity contribution >= 4 is 22.8 Å². The largest absolute Gasteiger partial charge is 0.467 e. The summed E-state index contributed by atoms with van der Waals surface area (Å²) in [7, 11) is 0. The normalized spacial score (nSPS) is 12.1. The van der Waals surface area contributed by atoms with Crippen LogP contribution >= 0.6 is 0 Å². The maximum absolute atomic E-state index is 12.1. The molecule has 1 amide bonds. The lowest BCUT2D eigenvalue weighted by Gasteiger charge is -2.11. The molecule has 0 spiro atoms. The van der Waals surface area contributed by atoms with Gasteiger partial charge in [0, 0.05) is 10.9 Å². The van der Waals surface area contributed by atoms with E-state index in [1.54, 1.807) is 25.3 Å². The third kappa shape index (κ3) is 3.96. The van der Waals surface area contributed by atoms with Gasteiger partial charge in [-0.05, 0) is 56.2 Å². The van der Waals surface area contributed by atoms with Crippen molar-refractivity contribution < 1.29 is 23.2 Å². The summed E-state index contributed by atoms with van der Waals surface area (Å²) in [6.45, 7) is 5.47. The first kappa shape index (κ1) is 17.8. The molecule has 1 atom stereocenters. The first-order valence-electron chi connectivity index (χ1n) is 8.39. The summed E-state index contributed by atoms with van der Waals surface area (Å²) in [4.78, 5) is 24.0. The molecule has 0 radical (unpaired) electrons. The minimum absolute atomic E-state index is 0.0521. The molecule has 0 aliphatic heterocycles. The van der Waals surface area contributed by atoms with Gasteiger partial charge in [-0.15, -0.1) is 0 Å². The van der Waals surface area contributed by atoms with Crippen molar-refractivity contribution in [1.82, 2.24) is 5.32 Å². The van der Waals surface area contributed by atoms with Crippen molar-refractivity contribution in [3.63, 3.8) is 0 Å². The molecular formula is C20H21NO5. The zero-order valence-corrected chi connectivity index (χ0v) is 15.0. The van der Waals surface area contributed by atoms with Crippen LogP contribution in [0.15, 0.2) is 45.6 Å². The SMILES string of the molecule is Cc1cc2occ(CC(=O)OCC(=O)N[C@H](C)c3ccco3)c2cc1C. The smallest absolute Gasteiger partial charge is 0.310 e. The second-order valence-electron chi connectivity index (χ2n) is 6.34. The second-order valence-corrected chi connectivity index (χ2v) is 6.34. The third-order valence-corrected chi connectivity index (χ3v) is 4.32. The van der Waals surface area contributed by atoms with Crippen molar-refractivity contribution in [2.75, 3.05) is 6.61 Å². The van der Waals surface area contributed by atoms with Crippen molar-refractivity contribution in [2.24, 2.45) is 0 Å². The van der Waals surface area contributed by atoms with Gasteiger partial charge in [0.25, 0.3) is 5.91 Å². The summed E-state index contributed by atoms with van der Waals surface area (Å²) in [6.07, 6.45) is 3.15. The molecular weight excluding hydrogens is 334 g/mol. The zero-order chi connectivity index (χ0) is 18.7. The van der Waals surface area contributed by atoms with Crippen LogP contribution in [-0.4, -0.2) is 18.5 Å². The average Bonchev–Trinajstić information content (AvgIpc) is 3.25. The standard InChI is InChI=1S/C20H21NO5/c1-12-7-16-15(10-25-18(16)8-13(12)2)9-20(23)26-11-19(22)21-14(3)17-5-4-6-24-17/h4-8,10,14H,9,11H2,1-3H3,(H,21,22)/t14-/m1/s1. The summed E-state index contributed by atoms with van der Waals surface area (Å²) in [5, 5.41) is 3.60. The van der Waals surface area contributed by atoms with Crippen LogP contribution in [0.2, 0.25) is 0 Å². The van der Waals surface area contributed by atoms with E-state index in [0.29, 0.717) is 5.76 Å². The number of hydrogen-bond donors (Lipinski definition) is 1. The number of carbonyl (C=O) groups is 2. The highest BCUT2D eigenvalue weighted by Gasteiger charge is 2.16. The van der Waals surface area contributed by atoms with Gasteiger partial charge in [-0.2, -0.15) is 0 Å². The number of hydrogen-bond acceptors (Lipinski definition) is 5. The number of benzene rings is 1. The van der Waals surface area contributed by atoms with E-state index in [9.17, 15) is 9.59 Å². The number of nitrogens with one attached hydrogen (secondary N) is 1. The van der Waals surface area contributed by atoms with E-state index in [-0.39, 0.29) is 25.0 Å². The number of aryl methyl sites for hydroxylation is 2. The Morgan fingerprint density at radius 1 is 1.19 bits per heavy atom. The van der Waals surface area contributed by atoms with Gasteiger partial charge in [-0.3, -0.25) is 9.59 Å². The van der Waals surface area contributed by atoms with E-state index in [0.717, 1.165) is 27.7 Å². The molecule has 136 valence electrons. The van der Waals surface area contributed by atoms with Crippen LogP contribution in [0, 0.1) is 13.8 Å². The number of fused-ring (bicyclic) bond motifs is 1. The van der Waals surface area contributed by atoms with Crippen LogP contribution in [0.3, 0.4) is 0 Å². The summed E-state index contributed by atoms with van der Waals surface area (Å²) in [6, 6.07) is 7.17. The Morgan fingerprint density at radius 3 is 2.69 bits per heavy atom. The molecule has 3 rings (SSSR count). The van der Waals surface area contributed by atoms with Crippen LogP contribution in [0.25, 0.3) is 11.0 Å². The molecule has 0 bridgehead atoms. The van der Waals surface area contributed by atoms with Crippen molar-refractivity contribution in [2.45, 2.75) is 33.2 Å². The molecule has 1 N–H and O–H groups in total. The summed E-state index contributed by atoms with van der Waals surface area (Å²) in [5.74, 6) is -0.224. The first-order valence-corrected chi connectivity index (χ1v) is 8.39. The fraction of sp³-hybridized carbons (Fsp3) is 0.300. The number of rotatable bonds is 6. The van der Waals surface area contributed by atoms with Gasteiger partial charge in [0.1, 0.15) is 11.3 Å². The Hall–Kier alpha value is -3.02. The second kappa shape index (κ2) is 7.47. The van der Waals surface area contributed by atoms with Crippen molar-refractivity contribution in [3.8, 4) is 0 Å². The molecule has 2 heterocycles. The summed E-state index contributed by atoms with van der Waals surface area (Å²) in [5.41, 5.74) is 3.74. The van der Waals surface area contributed by atoms with Crippen molar-refractivity contribution in [3.05, 3.63) is 59.2 Å². The van der Waals surface area contributed by atoms with Gasteiger partial charge in [-0.1, -0.05) is 0 Å². The van der Waals surface area contributed by atoms with Gasteiger partial charge < -0.3 is 18.9 Å². The summed E-state index contributed by atoms with van der Waals surface area (Å²) >= 11 is 0. The molecule has 26 heavy (non-hydrogen) atoms. The van der Waals surface area contributed by atoms with E-state index < -0.39 is 5.97 Å². The van der Waals surface area contributed by atoms with Gasteiger partial charge in [0.15, 0.2) is 6.61 Å². The van der Waals surface area contributed by atoms with E-state index >= 15 is 0 Å². The third-order valence-electron chi connectivity index (χ3n) is 4.32. The monoisotopic (exact) mass is 355 g/mol. The highest BCUT2D eigenvalue weighted by atomic mass is 16.5. The average molecular weight is 355 g/mol. The van der Waals surface area contributed by atoms with Gasteiger partial charge >= 0.3 is 5.97 Å². The van der Waals surface area contributed by atoms with Gasteiger partial charge in [0.2, 0.25) is 0 Å². The number of amides is 1. The van der Waals surface area contributed by atoms with Gasteiger partial charge in [-0.25, -0.2) is 0 Å². The minimum Gasteiger partial charge on any atom is -0.467 e. The number of furan rings is 2. The summed E-state index contributed by atoms with van der Waals surface area (Å²) < 4.78 is 15.8. The molecule has 0 aliphatic rings. The predicted molar refractivity (Wildman–Crippen MR) is 95.6 cm³/mol. The lowest BCUT2D eigenvalue weighted by Crippen LogP contribution is -2.31. The zero-order valence-electron chi connectivity index (χ0n) is 15.0. The van der Waals surface area contributed by atoms with Gasteiger partial charge in [0.05, 0.1) is 25.0 Å². The molecule has 0 saturated heterocycles. The molecule has 6 nitrogen and oxygen atoms in total. The minimum atomic E-state index is -0.480. The quantitative estimate of drug-likeness (QED) is 0.683. The highest BCUT2D eigenvalue weighted by molar-refractivity contribution is 5.87. The van der Waals surface area contributed by atoms with Crippen LogP contribution in [0.4, 0.5) is 0 Å². The van der Waals surface area contributed by atoms with E-state index in [1.165, 1.54) is 6.26 Å². The predicted octanol–water partition coefficient (Wildman–Crippen LogP) is 3.61. The highest BCUT2D eigenvalue weighted by Crippen LogP contribution is 2.25. The number of carbonyl (C=O) groups excluding carboxylic acids is 2. The van der Waals surface area contributed by atoms with Crippen LogP contribution in [-0.2, 0) is 20.7 Å². The molecule has 3 aromatic rings. The maximum Gasteiger partial charge on any atom is 0.310 e. The lowest BCUT2D eigenvalue weighted by atomic mass is 10.0. The Bertz CT molecular complexity index is 923. The topological polar surface area (TPSA) is 81.7 Å². The van der Waals surface area contributed by atoms with E-state index in [1.807, 2.05) is 26.0 Å². The fourth-order valence-corrected chi connectivity index (χ4v) is 2.72. The van der Waals surface area contributed by atoms with Crippen LogP contribution in [0.5, 0.6) is 0 Å². The molecule has 0 aliphatic carbocycles. The van der Waals surface area contributed by atoms with Crippen LogP contribution < -0.4 is 5.32 Å². The fourth-order valence-electron chi connectivity index (χ4n) is 2.72. The molecule has 0 unspecified atom stereocenters. The molecule has 0 saturated carbocycles. The lowest BCUT2D eigenvalue weighted by molar-refractivity contribution is -0.148. The number of ether oxygens (including phenoxy) is 1. The maximum atomic E-state index is 12.1. The van der Waals surface area contributed by atoms with Crippen LogP contribution in [0.1, 0.15) is 35.4 Å². The molecule has 1 aromatic carbocycles. The van der Waals surface area contributed by atoms with E-state index in [4.69, 9.17) is 13.6 Å². The van der Waals surface area contributed by atoms with Crippen molar-refractivity contribution in [1.29, 1.82) is 0 Å². The van der Waals surface area contributed by atoms with E-state index in [2.05, 4.69) is 5.32 Å². The Kier molecular flexibility index (Phi) is 5.11. The number of esters is 1. The molecule has 0 fully saturated rings. The Morgan fingerprint density at radius 2 is 1.96 bits per heavy atom. The Labute approximate surface area is 151 Å². The first-order chi connectivity index (χ1) is 12.4. The molecule has 2 aromatic heterocycles. The molecule has 6 heteroatoms.